The van der Waals surface area contributed by atoms with Crippen LogP contribution in [0.15, 0.2) is 6.07 Å². The Bertz CT molecular complexity index is 424. The highest BCUT2D eigenvalue weighted by Crippen LogP contribution is 2.34. The fourth-order valence-electron chi connectivity index (χ4n) is 1.43. The maximum absolute atomic E-state index is 12.6. The number of nitrogens with zero attached hydrogens (tertiary/aromatic N) is 1. The standard InChI is InChI=1S/C9H9F3N2O2/c10-2-5-1-6(3-11)8(13)9(14(15)16)7(5)4-12/h1H,2-4,13H2. The summed E-state index contributed by atoms with van der Waals surface area (Å²) >= 11 is 0. The number of hydrogen-bond acceptors (Lipinski definition) is 3. The number of anilines is 1. The smallest absolute Gasteiger partial charge is 0.298 e. The maximum atomic E-state index is 12.6. The molecule has 16 heavy (non-hydrogen) atoms. The van der Waals surface area contributed by atoms with Crippen molar-refractivity contribution >= 4 is 11.4 Å². The van der Waals surface area contributed by atoms with Crippen LogP contribution in [0.4, 0.5) is 24.5 Å². The second kappa shape index (κ2) is 4.82. The van der Waals surface area contributed by atoms with Crippen molar-refractivity contribution < 1.29 is 18.1 Å². The predicted molar refractivity (Wildman–Crippen MR) is 51.9 cm³/mol. The zero-order chi connectivity index (χ0) is 12.3. The molecule has 7 heteroatoms. The first-order valence-electron chi connectivity index (χ1n) is 4.32. The van der Waals surface area contributed by atoms with Crippen LogP contribution >= 0.6 is 0 Å². The van der Waals surface area contributed by atoms with Gasteiger partial charge in [-0.15, -0.1) is 0 Å². The summed E-state index contributed by atoms with van der Waals surface area (Å²) in [4.78, 5) is 9.72. The molecule has 1 rings (SSSR count). The Labute approximate surface area is 89.0 Å². The number of halogens is 3. The Morgan fingerprint density at radius 2 is 1.75 bits per heavy atom. The third-order valence-electron chi connectivity index (χ3n) is 2.23. The summed E-state index contributed by atoms with van der Waals surface area (Å²) in [5, 5.41) is 10.7. The molecule has 0 radical (unpaired) electrons. The van der Waals surface area contributed by atoms with Gasteiger partial charge in [0.1, 0.15) is 25.7 Å². The summed E-state index contributed by atoms with van der Waals surface area (Å²) in [6.07, 6.45) is 0. The van der Waals surface area contributed by atoms with E-state index in [0.717, 1.165) is 6.07 Å². The van der Waals surface area contributed by atoms with Crippen molar-refractivity contribution in [1.82, 2.24) is 0 Å². The molecule has 0 amide bonds. The van der Waals surface area contributed by atoms with Crippen LogP contribution in [0.1, 0.15) is 16.7 Å². The highest BCUT2D eigenvalue weighted by atomic mass is 19.1. The van der Waals surface area contributed by atoms with E-state index in [-0.39, 0.29) is 11.1 Å². The lowest BCUT2D eigenvalue weighted by atomic mass is 10.0. The number of nitro groups is 1. The third-order valence-corrected chi connectivity index (χ3v) is 2.23. The molecule has 0 aliphatic heterocycles. The van der Waals surface area contributed by atoms with Gasteiger partial charge in [-0.25, -0.2) is 13.2 Å². The fourth-order valence-corrected chi connectivity index (χ4v) is 1.43. The van der Waals surface area contributed by atoms with Gasteiger partial charge in [0, 0.05) is 5.56 Å². The van der Waals surface area contributed by atoms with Gasteiger partial charge in [-0.3, -0.25) is 10.1 Å². The van der Waals surface area contributed by atoms with Gasteiger partial charge >= 0.3 is 0 Å². The van der Waals surface area contributed by atoms with E-state index in [1.807, 2.05) is 0 Å². The molecule has 0 atom stereocenters. The average Bonchev–Trinajstić information content (AvgIpc) is 2.27. The zero-order valence-corrected chi connectivity index (χ0v) is 8.17. The SMILES string of the molecule is Nc1c(CF)cc(CF)c(CF)c1[N+](=O)[O-]. The molecule has 0 saturated carbocycles. The number of nitro benzene ring substituents is 1. The number of nitrogens with two attached hydrogens (primary N) is 1. The van der Waals surface area contributed by atoms with Crippen molar-refractivity contribution in [1.29, 1.82) is 0 Å². The Hall–Kier alpha value is -1.79. The van der Waals surface area contributed by atoms with E-state index < -0.39 is 41.9 Å². The van der Waals surface area contributed by atoms with Crippen LogP contribution in [0, 0.1) is 10.1 Å². The maximum Gasteiger partial charge on any atom is 0.298 e. The van der Waals surface area contributed by atoms with Crippen LogP contribution in [0.5, 0.6) is 0 Å². The highest BCUT2D eigenvalue weighted by molar-refractivity contribution is 5.68. The first-order valence-corrected chi connectivity index (χ1v) is 4.32. The number of nitrogen functional groups attached to an aromatic ring is 1. The van der Waals surface area contributed by atoms with Crippen LogP contribution in [-0.2, 0) is 20.0 Å². The van der Waals surface area contributed by atoms with Crippen molar-refractivity contribution in [2.24, 2.45) is 0 Å². The zero-order valence-electron chi connectivity index (χ0n) is 8.17. The molecular formula is C9H9F3N2O2. The molecule has 1 aromatic rings. The van der Waals surface area contributed by atoms with Crippen LogP contribution in [0.2, 0.25) is 0 Å². The minimum absolute atomic E-state index is 0.198. The van der Waals surface area contributed by atoms with Crippen molar-refractivity contribution in [3.05, 3.63) is 32.9 Å². The molecule has 0 aliphatic rings. The molecule has 0 unspecified atom stereocenters. The number of hydrogen-bond donors (Lipinski definition) is 1. The number of rotatable bonds is 4. The van der Waals surface area contributed by atoms with Gasteiger partial charge in [0.2, 0.25) is 0 Å². The second-order valence-corrected chi connectivity index (χ2v) is 3.09. The quantitative estimate of drug-likeness (QED) is 0.494. The molecular weight excluding hydrogens is 225 g/mol. The second-order valence-electron chi connectivity index (χ2n) is 3.09. The fraction of sp³-hybridized carbons (Fsp3) is 0.333. The number of alkyl halides is 3. The summed E-state index contributed by atoms with van der Waals surface area (Å²) in [5.74, 6) is 0. The molecule has 0 saturated heterocycles. The molecule has 88 valence electrons. The molecule has 1 aromatic carbocycles. The van der Waals surface area contributed by atoms with Crippen molar-refractivity contribution in [3.8, 4) is 0 Å². The van der Waals surface area contributed by atoms with E-state index in [2.05, 4.69) is 0 Å². The largest absolute Gasteiger partial charge is 0.393 e. The molecule has 0 aromatic heterocycles. The molecule has 0 fully saturated rings. The Balaban J connectivity index is 3.57. The third kappa shape index (κ3) is 1.93. The molecule has 0 aliphatic carbocycles. The van der Waals surface area contributed by atoms with E-state index in [1.165, 1.54) is 0 Å². The summed E-state index contributed by atoms with van der Waals surface area (Å²) in [6.45, 7) is -3.38. The van der Waals surface area contributed by atoms with Crippen LogP contribution in [0.3, 0.4) is 0 Å². The lowest BCUT2D eigenvalue weighted by Crippen LogP contribution is -2.06. The van der Waals surface area contributed by atoms with E-state index in [9.17, 15) is 23.3 Å². The summed E-state index contributed by atoms with van der Waals surface area (Å²) in [6, 6.07) is 1.01. The van der Waals surface area contributed by atoms with E-state index in [1.54, 1.807) is 0 Å². The average molecular weight is 234 g/mol. The minimum atomic E-state index is -1.22. The van der Waals surface area contributed by atoms with Crippen LogP contribution < -0.4 is 5.73 Å². The molecule has 2 N–H and O–H groups in total. The van der Waals surface area contributed by atoms with Crippen molar-refractivity contribution in [2.75, 3.05) is 5.73 Å². The normalized spacial score (nSPS) is 10.4. The summed E-state index contributed by atoms with van der Waals surface area (Å²) < 4.78 is 37.6. The molecule has 0 spiro atoms. The van der Waals surface area contributed by atoms with Gasteiger partial charge in [-0.1, -0.05) is 0 Å². The lowest BCUT2D eigenvalue weighted by Gasteiger charge is -2.09. The summed E-state index contributed by atoms with van der Waals surface area (Å²) in [7, 11) is 0. The highest BCUT2D eigenvalue weighted by Gasteiger charge is 2.24. The van der Waals surface area contributed by atoms with Crippen LogP contribution in [-0.4, -0.2) is 4.92 Å². The van der Waals surface area contributed by atoms with E-state index >= 15 is 0 Å². The lowest BCUT2D eigenvalue weighted by molar-refractivity contribution is -0.384. The topological polar surface area (TPSA) is 69.2 Å². The van der Waals surface area contributed by atoms with Crippen molar-refractivity contribution in [2.45, 2.75) is 20.0 Å². The van der Waals surface area contributed by atoms with E-state index in [4.69, 9.17) is 5.73 Å². The Kier molecular flexibility index (Phi) is 3.70. The molecule has 0 bridgehead atoms. The van der Waals surface area contributed by atoms with Gasteiger partial charge < -0.3 is 5.73 Å². The van der Waals surface area contributed by atoms with Crippen LogP contribution in [0.25, 0.3) is 0 Å². The van der Waals surface area contributed by atoms with Gasteiger partial charge in [-0.2, -0.15) is 0 Å². The van der Waals surface area contributed by atoms with Gasteiger partial charge in [-0.05, 0) is 11.6 Å². The van der Waals surface area contributed by atoms with E-state index in [0.29, 0.717) is 0 Å². The predicted octanol–water partition coefficient (Wildman–Crippen LogP) is 2.59. The van der Waals surface area contributed by atoms with Gasteiger partial charge in [0.25, 0.3) is 5.69 Å². The minimum Gasteiger partial charge on any atom is -0.393 e. The molecule has 0 heterocycles. The first kappa shape index (κ1) is 12.3. The number of benzene rings is 1. The Morgan fingerprint density at radius 1 is 1.19 bits per heavy atom. The summed E-state index contributed by atoms with van der Waals surface area (Å²) in [5.41, 5.74) is 3.27. The first-order chi connectivity index (χ1) is 7.56. The molecule has 4 nitrogen and oxygen atoms in total. The van der Waals surface area contributed by atoms with Gasteiger partial charge in [0.15, 0.2) is 0 Å². The Morgan fingerprint density at radius 3 is 2.12 bits per heavy atom. The monoisotopic (exact) mass is 234 g/mol. The van der Waals surface area contributed by atoms with Crippen molar-refractivity contribution in [3.63, 3.8) is 0 Å². The van der Waals surface area contributed by atoms with Gasteiger partial charge in [0.05, 0.1) is 10.5 Å².